The summed E-state index contributed by atoms with van der Waals surface area (Å²) in [5, 5.41) is 11.4. The van der Waals surface area contributed by atoms with Gasteiger partial charge in [0.15, 0.2) is 11.6 Å². The molecule has 0 aliphatic carbocycles. The van der Waals surface area contributed by atoms with Crippen molar-refractivity contribution in [1.82, 2.24) is 5.32 Å². The molecule has 1 unspecified atom stereocenters. The average Bonchev–Trinajstić information content (AvgIpc) is 2.25. The number of aliphatic hydroxyl groups excluding tert-OH is 1. The first kappa shape index (κ1) is 14.5. The van der Waals surface area contributed by atoms with Gasteiger partial charge in [0.1, 0.15) is 5.82 Å². The molecule has 0 saturated carbocycles. The molecular weight excluding hydrogens is 247 g/mol. The molecule has 2 N–H and O–H groups in total. The van der Waals surface area contributed by atoms with Gasteiger partial charge in [0, 0.05) is 18.2 Å². The van der Waals surface area contributed by atoms with Crippen LogP contribution < -0.4 is 5.32 Å². The van der Waals surface area contributed by atoms with Crippen LogP contribution in [0.1, 0.15) is 18.9 Å². The molecule has 3 nitrogen and oxygen atoms in total. The lowest BCUT2D eigenvalue weighted by atomic mass is 10.1. The van der Waals surface area contributed by atoms with Gasteiger partial charge in [-0.25, -0.2) is 13.2 Å². The van der Waals surface area contributed by atoms with Crippen molar-refractivity contribution in [3.05, 3.63) is 35.1 Å². The van der Waals surface area contributed by atoms with E-state index in [1.807, 2.05) is 0 Å². The van der Waals surface area contributed by atoms with Crippen molar-refractivity contribution < 1.29 is 23.1 Å². The lowest BCUT2D eigenvalue weighted by Crippen LogP contribution is -2.28. The van der Waals surface area contributed by atoms with E-state index < -0.39 is 29.5 Å². The summed E-state index contributed by atoms with van der Waals surface area (Å²) >= 11 is 0. The maximum atomic E-state index is 13.2. The van der Waals surface area contributed by atoms with Crippen molar-refractivity contribution in [3.63, 3.8) is 0 Å². The third-order valence-electron chi connectivity index (χ3n) is 2.32. The van der Waals surface area contributed by atoms with Crippen LogP contribution in [0.25, 0.3) is 0 Å². The number of halogens is 3. The molecule has 0 spiro atoms. The Morgan fingerprint density at radius 2 is 1.89 bits per heavy atom. The molecule has 0 aliphatic rings. The molecule has 100 valence electrons. The molecule has 1 aromatic rings. The zero-order valence-electron chi connectivity index (χ0n) is 9.84. The molecule has 18 heavy (non-hydrogen) atoms. The summed E-state index contributed by atoms with van der Waals surface area (Å²) in [5.74, 6) is -3.95. The van der Waals surface area contributed by atoms with Crippen molar-refractivity contribution in [2.75, 3.05) is 6.54 Å². The monoisotopic (exact) mass is 261 g/mol. The van der Waals surface area contributed by atoms with Crippen molar-refractivity contribution in [1.29, 1.82) is 0 Å². The van der Waals surface area contributed by atoms with Gasteiger partial charge >= 0.3 is 0 Å². The quantitative estimate of drug-likeness (QED) is 0.790. The van der Waals surface area contributed by atoms with E-state index in [0.717, 1.165) is 0 Å². The first-order valence-electron chi connectivity index (χ1n) is 5.48. The fourth-order valence-electron chi connectivity index (χ4n) is 1.36. The van der Waals surface area contributed by atoms with Crippen LogP contribution in [0.4, 0.5) is 13.2 Å². The van der Waals surface area contributed by atoms with Gasteiger partial charge in [-0.2, -0.15) is 0 Å². The molecule has 0 aromatic heterocycles. The molecule has 6 heteroatoms. The van der Waals surface area contributed by atoms with Crippen LogP contribution in [-0.4, -0.2) is 23.7 Å². The van der Waals surface area contributed by atoms with E-state index in [2.05, 4.69) is 5.32 Å². The summed E-state index contributed by atoms with van der Waals surface area (Å²) in [6.07, 6.45) is -0.556. The van der Waals surface area contributed by atoms with Crippen LogP contribution in [0.2, 0.25) is 0 Å². The summed E-state index contributed by atoms with van der Waals surface area (Å²) in [5.41, 5.74) is -0.205. The molecule has 0 radical (unpaired) electrons. The number of hydrogen-bond donors (Lipinski definition) is 2. The highest BCUT2D eigenvalue weighted by Crippen LogP contribution is 2.14. The fourth-order valence-corrected chi connectivity index (χ4v) is 1.36. The highest BCUT2D eigenvalue weighted by atomic mass is 19.2. The Hall–Kier alpha value is -1.56. The number of rotatable bonds is 5. The van der Waals surface area contributed by atoms with Gasteiger partial charge in [-0.1, -0.05) is 0 Å². The molecular formula is C12H14F3NO2. The summed E-state index contributed by atoms with van der Waals surface area (Å²) < 4.78 is 38.7. The molecule has 1 atom stereocenters. The minimum Gasteiger partial charge on any atom is -0.393 e. The molecule has 0 saturated heterocycles. The topological polar surface area (TPSA) is 49.3 Å². The van der Waals surface area contributed by atoms with E-state index in [9.17, 15) is 18.0 Å². The largest absolute Gasteiger partial charge is 0.393 e. The number of hydrogen-bond acceptors (Lipinski definition) is 2. The van der Waals surface area contributed by atoms with Crippen LogP contribution in [0.5, 0.6) is 0 Å². The van der Waals surface area contributed by atoms with E-state index in [4.69, 9.17) is 5.11 Å². The predicted molar refractivity (Wildman–Crippen MR) is 59.3 cm³/mol. The Labute approximate surface area is 103 Å². The lowest BCUT2D eigenvalue weighted by molar-refractivity contribution is -0.120. The number of aliphatic hydroxyl groups is 1. The first-order valence-corrected chi connectivity index (χ1v) is 5.48. The molecule has 0 aliphatic heterocycles. The molecule has 0 fully saturated rings. The van der Waals surface area contributed by atoms with E-state index in [0.29, 0.717) is 18.6 Å². The standard InChI is InChI=1S/C12H14F3NO2/c1-7(17)2-3-16-12(18)5-8-4-10(14)11(15)6-9(8)13/h4,6-7,17H,2-3,5H2,1H3,(H,16,18). The minimum absolute atomic E-state index is 0.205. The van der Waals surface area contributed by atoms with E-state index in [1.165, 1.54) is 0 Å². The second-order valence-corrected chi connectivity index (χ2v) is 4.02. The Morgan fingerprint density at radius 3 is 2.50 bits per heavy atom. The Balaban J connectivity index is 2.57. The van der Waals surface area contributed by atoms with E-state index in [1.54, 1.807) is 6.92 Å². The lowest BCUT2D eigenvalue weighted by Gasteiger charge is -2.07. The van der Waals surface area contributed by atoms with Gasteiger partial charge in [-0.3, -0.25) is 4.79 Å². The fraction of sp³-hybridized carbons (Fsp3) is 0.417. The summed E-state index contributed by atoms with van der Waals surface area (Å²) in [6.45, 7) is 1.81. The SMILES string of the molecule is CC(O)CCNC(=O)Cc1cc(F)c(F)cc1F. The number of carbonyl (C=O) groups excluding carboxylic acids is 1. The van der Waals surface area contributed by atoms with Gasteiger partial charge in [-0.05, 0) is 19.4 Å². The van der Waals surface area contributed by atoms with Gasteiger partial charge in [0.05, 0.1) is 12.5 Å². The molecule has 1 rings (SSSR count). The second-order valence-electron chi connectivity index (χ2n) is 4.02. The maximum Gasteiger partial charge on any atom is 0.224 e. The zero-order chi connectivity index (χ0) is 13.7. The average molecular weight is 261 g/mol. The number of nitrogens with one attached hydrogen (secondary N) is 1. The van der Waals surface area contributed by atoms with Crippen molar-refractivity contribution in [2.24, 2.45) is 0 Å². The van der Waals surface area contributed by atoms with Crippen molar-refractivity contribution in [3.8, 4) is 0 Å². The smallest absolute Gasteiger partial charge is 0.224 e. The Kier molecular flexibility index (Phi) is 5.15. The number of carbonyl (C=O) groups is 1. The highest BCUT2D eigenvalue weighted by molar-refractivity contribution is 5.78. The van der Waals surface area contributed by atoms with Gasteiger partial charge in [0.25, 0.3) is 0 Å². The predicted octanol–water partition coefficient (Wildman–Crippen LogP) is 1.53. The summed E-state index contributed by atoms with van der Waals surface area (Å²) in [4.78, 5) is 11.4. The molecule has 1 aromatic carbocycles. The van der Waals surface area contributed by atoms with Gasteiger partial charge in [-0.15, -0.1) is 0 Å². The van der Waals surface area contributed by atoms with Crippen LogP contribution in [0, 0.1) is 17.5 Å². The van der Waals surface area contributed by atoms with Crippen LogP contribution in [0.15, 0.2) is 12.1 Å². The third kappa shape index (κ3) is 4.37. The normalized spacial score (nSPS) is 12.3. The van der Waals surface area contributed by atoms with Crippen molar-refractivity contribution >= 4 is 5.91 Å². The van der Waals surface area contributed by atoms with E-state index >= 15 is 0 Å². The number of benzene rings is 1. The number of amides is 1. The summed E-state index contributed by atoms with van der Waals surface area (Å²) in [7, 11) is 0. The zero-order valence-corrected chi connectivity index (χ0v) is 9.84. The molecule has 0 bridgehead atoms. The van der Waals surface area contributed by atoms with Crippen LogP contribution in [-0.2, 0) is 11.2 Å². The van der Waals surface area contributed by atoms with Gasteiger partial charge in [0.2, 0.25) is 5.91 Å². The van der Waals surface area contributed by atoms with Gasteiger partial charge < -0.3 is 10.4 Å². The Morgan fingerprint density at radius 1 is 1.28 bits per heavy atom. The second kappa shape index (κ2) is 6.39. The maximum absolute atomic E-state index is 13.2. The summed E-state index contributed by atoms with van der Waals surface area (Å²) in [6, 6.07) is 1.08. The van der Waals surface area contributed by atoms with Crippen molar-refractivity contribution in [2.45, 2.75) is 25.9 Å². The Bertz CT molecular complexity index is 436. The van der Waals surface area contributed by atoms with E-state index in [-0.39, 0.29) is 18.5 Å². The third-order valence-corrected chi connectivity index (χ3v) is 2.32. The first-order chi connectivity index (χ1) is 8.40. The molecule has 0 heterocycles. The molecule has 1 amide bonds. The van der Waals surface area contributed by atoms with Crippen LogP contribution in [0.3, 0.4) is 0 Å². The highest BCUT2D eigenvalue weighted by Gasteiger charge is 2.12. The minimum atomic E-state index is -1.29. The van der Waals surface area contributed by atoms with Crippen LogP contribution >= 0.6 is 0 Å².